The number of nitrogens with zero attached hydrogens (tertiary/aromatic N) is 2. The molecule has 2 rings (SSSR count). The molecule has 21 heavy (non-hydrogen) atoms. The van der Waals surface area contributed by atoms with Crippen LogP contribution in [0.15, 0.2) is 17.2 Å². The Hall–Kier alpha value is -1.34. The Balaban J connectivity index is 2.39. The molecule has 6 nitrogen and oxygen atoms in total. The zero-order chi connectivity index (χ0) is 16.0. The Morgan fingerprint density at radius 1 is 1.38 bits per heavy atom. The van der Waals surface area contributed by atoms with Crippen molar-refractivity contribution in [3.8, 4) is 0 Å². The quantitative estimate of drug-likeness (QED) is 0.919. The first-order chi connectivity index (χ1) is 9.51. The first-order valence-electron chi connectivity index (χ1n) is 7.05. The van der Waals surface area contributed by atoms with Crippen LogP contribution in [0.25, 0.3) is 0 Å². The van der Waals surface area contributed by atoms with Crippen molar-refractivity contribution in [2.75, 3.05) is 13.1 Å². The fourth-order valence-corrected chi connectivity index (χ4v) is 3.19. The molecule has 1 aliphatic heterocycles. The number of nitrogens with two attached hydrogens (primary N) is 1. The molecule has 2 heterocycles. The lowest BCUT2D eigenvalue weighted by atomic mass is 9.93. The Morgan fingerprint density at radius 3 is 2.43 bits per heavy atom. The van der Waals surface area contributed by atoms with Crippen molar-refractivity contribution in [2.24, 2.45) is 10.6 Å². The molecule has 0 saturated carbocycles. The third-order valence-corrected chi connectivity index (χ3v) is 4.77. The van der Waals surface area contributed by atoms with Crippen LogP contribution in [-0.2, 0) is 10.0 Å². The third-order valence-electron chi connectivity index (χ3n) is 3.89. The van der Waals surface area contributed by atoms with Gasteiger partial charge in [0.25, 0.3) is 5.91 Å². The molecule has 7 heteroatoms. The Labute approximate surface area is 126 Å². The summed E-state index contributed by atoms with van der Waals surface area (Å²) in [6.45, 7) is 9.42. The molecule has 1 aromatic heterocycles. The number of sulfonamides is 1. The van der Waals surface area contributed by atoms with Gasteiger partial charge >= 0.3 is 0 Å². The summed E-state index contributed by atoms with van der Waals surface area (Å²) in [5.74, 6) is -0.135. The second kappa shape index (κ2) is 5.14. The van der Waals surface area contributed by atoms with Gasteiger partial charge in [-0.15, -0.1) is 0 Å². The summed E-state index contributed by atoms with van der Waals surface area (Å²) in [5.41, 5.74) is 0.486. The van der Waals surface area contributed by atoms with Gasteiger partial charge in [-0.25, -0.2) is 13.6 Å². The van der Waals surface area contributed by atoms with Gasteiger partial charge in [-0.2, -0.15) is 0 Å². The topological polar surface area (TPSA) is 85.4 Å². The van der Waals surface area contributed by atoms with Crippen molar-refractivity contribution in [3.63, 3.8) is 0 Å². The van der Waals surface area contributed by atoms with Gasteiger partial charge in [-0.05, 0) is 31.7 Å². The zero-order valence-electron chi connectivity index (χ0n) is 13.0. The second-order valence-corrected chi connectivity index (χ2v) is 8.31. The fraction of sp³-hybridized carbons (Fsp3) is 0.643. The van der Waals surface area contributed by atoms with Crippen molar-refractivity contribution >= 4 is 15.9 Å². The lowest BCUT2D eigenvalue weighted by Gasteiger charge is -2.21. The summed E-state index contributed by atoms with van der Waals surface area (Å²) in [4.78, 5) is 14.4. The minimum absolute atomic E-state index is 0.0157. The van der Waals surface area contributed by atoms with Crippen LogP contribution in [0.5, 0.6) is 0 Å². The smallest absolute Gasteiger partial charge is 0.270 e. The average Bonchev–Trinajstić information content (AvgIpc) is 2.90. The van der Waals surface area contributed by atoms with Crippen molar-refractivity contribution in [3.05, 3.63) is 18.0 Å². The van der Waals surface area contributed by atoms with Gasteiger partial charge < -0.3 is 9.47 Å². The van der Waals surface area contributed by atoms with Gasteiger partial charge in [0.1, 0.15) is 10.6 Å². The molecular formula is C14H23N3O3S. The van der Waals surface area contributed by atoms with Crippen LogP contribution in [0, 0.1) is 5.41 Å². The van der Waals surface area contributed by atoms with Crippen molar-refractivity contribution < 1.29 is 13.2 Å². The van der Waals surface area contributed by atoms with Crippen LogP contribution in [0.1, 0.15) is 50.6 Å². The highest BCUT2D eigenvalue weighted by Gasteiger charge is 2.34. The molecule has 1 aliphatic rings. The van der Waals surface area contributed by atoms with Crippen LogP contribution >= 0.6 is 0 Å². The number of carbonyl (C=O) groups is 1. The zero-order valence-corrected chi connectivity index (χ0v) is 13.8. The summed E-state index contributed by atoms with van der Waals surface area (Å²) in [5, 5.41) is 5.17. The number of hydrogen-bond donors (Lipinski definition) is 1. The van der Waals surface area contributed by atoms with Gasteiger partial charge in [-0.1, -0.05) is 13.8 Å². The van der Waals surface area contributed by atoms with E-state index < -0.39 is 10.0 Å². The lowest BCUT2D eigenvalue weighted by Crippen LogP contribution is -2.32. The SMILES string of the molecule is CC(C)n1cc(S(N)(=O)=O)cc1C(=O)N1CCC(C)(C)C1. The number of aromatic nitrogens is 1. The van der Waals surface area contributed by atoms with Crippen LogP contribution in [0.3, 0.4) is 0 Å². The predicted octanol–water partition coefficient (Wildman–Crippen LogP) is 1.59. The number of rotatable bonds is 3. The van der Waals surface area contributed by atoms with Gasteiger partial charge in [0, 0.05) is 25.3 Å². The fourth-order valence-electron chi connectivity index (χ4n) is 2.66. The molecule has 0 bridgehead atoms. The highest BCUT2D eigenvalue weighted by Crippen LogP contribution is 2.30. The van der Waals surface area contributed by atoms with Crippen LogP contribution in [-0.4, -0.2) is 36.9 Å². The molecule has 1 aromatic rings. The van der Waals surface area contributed by atoms with Crippen LogP contribution in [0.2, 0.25) is 0 Å². The third kappa shape index (κ3) is 3.29. The molecule has 2 N–H and O–H groups in total. The van der Waals surface area contributed by atoms with Crippen LogP contribution in [0.4, 0.5) is 0 Å². The van der Waals surface area contributed by atoms with Gasteiger partial charge in [0.2, 0.25) is 10.0 Å². The first-order valence-corrected chi connectivity index (χ1v) is 8.60. The maximum absolute atomic E-state index is 12.7. The Morgan fingerprint density at radius 2 is 2.00 bits per heavy atom. The predicted molar refractivity (Wildman–Crippen MR) is 80.5 cm³/mol. The van der Waals surface area contributed by atoms with E-state index in [-0.39, 0.29) is 22.3 Å². The molecule has 1 saturated heterocycles. The highest BCUT2D eigenvalue weighted by atomic mass is 32.2. The molecule has 1 amide bonds. The molecule has 118 valence electrons. The lowest BCUT2D eigenvalue weighted by molar-refractivity contribution is 0.0766. The minimum atomic E-state index is -3.81. The van der Waals surface area contributed by atoms with E-state index in [2.05, 4.69) is 13.8 Å². The number of primary sulfonamides is 1. The standard InChI is InChI=1S/C14H23N3O3S/c1-10(2)17-8-11(21(15,19)20)7-12(17)13(18)16-6-5-14(3,4)9-16/h7-8,10H,5-6,9H2,1-4H3,(H2,15,19,20). The van der Waals surface area contributed by atoms with Gasteiger partial charge in [-0.3, -0.25) is 4.79 Å². The maximum atomic E-state index is 12.7. The van der Waals surface area contributed by atoms with Crippen molar-refractivity contribution in [2.45, 2.75) is 45.1 Å². The first kappa shape index (κ1) is 16.0. The van der Waals surface area contributed by atoms with E-state index in [4.69, 9.17) is 5.14 Å². The normalized spacial score (nSPS) is 18.5. The summed E-state index contributed by atoms with van der Waals surface area (Å²) < 4.78 is 24.7. The molecule has 0 radical (unpaired) electrons. The van der Waals surface area contributed by atoms with E-state index in [1.54, 1.807) is 9.47 Å². The van der Waals surface area contributed by atoms with Gasteiger partial charge in [0.15, 0.2) is 0 Å². The number of hydrogen-bond acceptors (Lipinski definition) is 3. The number of amides is 1. The molecular weight excluding hydrogens is 290 g/mol. The summed E-state index contributed by atoms with van der Waals surface area (Å²) in [6, 6.07) is 1.36. The number of carbonyl (C=O) groups excluding carboxylic acids is 1. The molecule has 0 unspecified atom stereocenters. The van der Waals surface area contributed by atoms with E-state index in [1.165, 1.54) is 12.3 Å². The largest absolute Gasteiger partial charge is 0.340 e. The second-order valence-electron chi connectivity index (χ2n) is 6.75. The Kier molecular flexibility index (Phi) is 3.92. The average molecular weight is 313 g/mol. The summed E-state index contributed by atoms with van der Waals surface area (Å²) in [7, 11) is -3.81. The Bertz CT molecular complexity index is 659. The monoisotopic (exact) mass is 313 g/mol. The minimum Gasteiger partial charge on any atom is -0.340 e. The van der Waals surface area contributed by atoms with E-state index in [1.807, 2.05) is 13.8 Å². The molecule has 0 atom stereocenters. The van der Waals surface area contributed by atoms with Crippen molar-refractivity contribution in [1.82, 2.24) is 9.47 Å². The number of likely N-dealkylation sites (tertiary alicyclic amines) is 1. The van der Waals surface area contributed by atoms with E-state index in [9.17, 15) is 13.2 Å². The van der Waals surface area contributed by atoms with E-state index in [0.29, 0.717) is 18.8 Å². The van der Waals surface area contributed by atoms with E-state index >= 15 is 0 Å². The summed E-state index contributed by atoms with van der Waals surface area (Å²) >= 11 is 0. The molecule has 0 spiro atoms. The molecule has 0 aliphatic carbocycles. The van der Waals surface area contributed by atoms with Crippen molar-refractivity contribution in [1.29, 1.82) is 0 Å². The highest BCUT2D eigenvalue weighted by molar-refractivity contribution is 7.89. The van der Waals surface area contributed by atoms with Gasteiger partial charge in [0.05, 0.1) is 0 Å². The summed E-state index contributed by atoms with van der Waals surface area (Å²) in [6.07, 6.45) is 2.39. The van der Waals surface area contributed by atoms with E-state index in [0.717, 1.165) is 6.42 Å². The molecule has 0 aromatic carbocycles. The molecule has 1 fully saturated rings. The van der Waals surface area contributed by atoms with Crippen LogP contribution < -0.4 is 5.14 Å². The maximum Gasteiger partial charge on any atom is 0.270 e.